The third-order valence-corrected chi connectivity index (χ3v) is 4.19. The molecule has 0 heterocycles. The molecule has 94 valence electrons. The summed E-state index contributed by atoms with van der Waals surface area (Å²) >= 11 is 0. The van der Waals surface area contributed by atoms with Crippen LogP contribution in [0.25, 0.3) is 0 Å². The van der Waals surface area contributed by atoms with Crippen LogP contribution in [0, 0.1) is 5.92 Å². The van der Waals surface area contributed by atoms with Gasteiger partial charge >= 0.3 is 0 Å². The van der Waals surface area contributed by atoms with E-state index in [-0.39, 0.29) is 6.10 Å². The molecule has 2 rings (SSSR count). The first-order valence-corrected chi connectivity index (χ1v) is 6.74. The molecule has 4 unspecified atom stereocenters. The predicted octanol–water partition coefficient (Wildman–Crippen LogP) is 1.69. The molecule has 0 aromatic carbocycles. The largest absolute Gasteiger partial charge is 0.393 e. The molecule has 2 saturated carbocycles. The van der Waals surface area contributed by atoms with Gasteiger partial charge in [0.25, 0.3) is 0 Å². The van der Waals surface area contributed by atoms with Crippen molar-refractivity contribution in [1.82, 2.24) is 5.32 Å². The van der Waals surface area contributed by atoms with Crippen LogP contribution in [0.3, 0.4) is 0 Å². The molecule has 2 fully saturated rings. The van der Waals surface area contributed by atoms with Gasteiger partial charge in [0.05, 0.1) is 12.2 Å². The van der Waals surface area contributed by atoms with Gasteiger partial charge in [-0.1, -0.05) is 12.8 Å². The van der Waals surface area contributed by atoms with E-state index in [1.165, 1.54) is 32.1 Å². The minimum atomic E-state index is -0.0450. The highest BCUT2D eigenvalue weighted by Gasteiger charge is 2.27. The van der Waals surface area contributed by atoms with Crippen LogP contribution in [0.4, 0.5) is 0 Å². The molecule has 2 aliphatic rings. The number of ether oxygens (including phenoxy) is 1. The number of nitrogens with one attached hydrogen (secondary N) is 1. The van der Waals surface area contributed by atoms with Gasteiger partial charge in [-0.05, 0) is 44.6 Å². The van der Waals surface area contributed by atoms with Gasteiger partial charge in [0.2, 0.25) is 0 Å². The first kappa shape index (κ1) is 12.3. The molecule has 3 nitrogen and oxygen atoms in total. The minimum absolute atomic E-state index is 0.0450. The van der Waals surface area contributed by atoms with Crippen LogP contribution in [0.5, 0.6) is 0 Å². The van der Waals surface area contributed by atoms with E-state index in [4.69, 9.17) is 4.74 Å². The molecule has 0 saturated heterocycles. The fourth-order valence-electron chi connectivity index (χ4n) is 3.16. The van der Waals surface area contributed by atoms with Gasteiger partial charge in [-0.15, -0.1) is 0 Å². The maximum Gasteiger partial charge on any atom is 0.0724 e. The normalized spacial score (nSPS) is 40.1. The third-order valence-electron chi connectivity index (χ3n) is 4.19. The topological polar surface area (TPSA) is 41.5 Å². The molecule has 16 heavy (non-hydrogen) atoms. The number of methoxy groups -OCH3 is 1. The second-order valence-electron chi connectivity index (χ2n) is 5.41. The zero-order valence-corrected chi connectivity index (χ0v) is 10.3. The van der Waals surface area contributed by atoms with Crippen LogP contribution in [0.2, 0.25) is 0 Å². The van der Waals surface area contributed by atoms with Crippen molar-refractivity contribution in [1.29, 1.82) is 0 Å². The summed E-state index contributed by atoms with van der Waals surface area (Å²) in [6.07, 6.45) is 8.58. The van der Waals surface area contributed by atoms with Crippen molar-refractivity contribution in [2.45, 2.75) is 63.2 Å². The summed E-state index contributed by atoms with van der Waals surface area (Å²) in [4.78, 5) is 0. The highest BCUT2D eigenvalue weighted by atomic mass is 16.5. The molecular formula is C13H25NO2. The molecular weight excluding hydrogens is 202 g/mol. The van der Waals surface area contributed by atoms with Crippen LogP contribution in [-0.2, 0) is 4.74 Å². The average Bonchev–Trinajstić information content (AvgIpc) is 2.73. The monoisotopic (exact) mass is 227 g/mol. The van der Waals surface area contributed by atoms with Gasteiger partial charge in [0.1, 0.15) is 0 Å². The molecule has 3 heteroatoms. The quantitative estimate of drug-likeness (QED) is 0.768. The highest BCUT2D eigenvalue weighted by molar-refractivity contribution is 4.84. The van der Waals surface area contributed by atoms with Gasteiger partial charge in [0, 0.05) is 13.2 Å². The second-order valence-corrected chi connectivity index (χ2v) is 5.41. The van der Waals surface area contributed by atoms with E-state index >= 15 is 0 Å². The molecule has 0 bridgehead atoms. The van der Waals surface area contributed by atoms with E-state index in [0.717, 1.165) is 19.4 Å². The third kappa shape index (κ3) is 3.19. The summed E-state index contributed by atoms with van der Waals surface area (Å²) in [7, 11) is 1.82. The lowest BCUT2D eigenvalue weighted by Gasteiger charge is -2.32. The van der Waals surface area contributed by atoms with Crippen molar-refractivity contribution in [3.8, 4) is 0 Å². The summed E-state index contributed by atoms with van der Waals surface area (Å²) in [6.45, 7) is 1.06. The van der Waals surface area contributed by atoms with Gasteiger partial charge in [0.15, 0.2) is 0 Å². The van der Waals surface area contributed by atoms with Gasteiger partial charge in [-0.2, -0.15) is 0 Å². The molecule has 0 aromatic rings. The molecule has 0 aliphatic heterocycles. The molecule has 0 radical (unpaired) electrons. The van der Waals surface area contributed by atoms with Gasteiger partial charge < -0.3 is 15.2 Å². The van der Waals surface area contributed by atoms with Gasteiger partial charge in [-0.3, -0.25) is 0 Å². The zero-order valence-electron chi connectivity index (χ0n) is 10.3. The SMILES string of the molecule is COC1CCCCC1NCC1CCC(O)C1. The number of rotatable bonds is 4. The standard InChI is InChI=1S/C13H25NO2/c1-16-13-5-3-2-4-12(13)14-9-10-6-7-11(15)8-10/h10-15H,2-9H2,1H3. The van der Waals surface area contributed by atoms with Crippen molar-refractivity contribution in [3.05, 3.63) is 0 Å². The molecule has 2 aliphatic carbocycles. The number of hydrogen-bond acceptors (Lipinski definition) is 3. The van der Waals surface area contributed by atoms with Crippen LogP contribution < -0.4 is 5.32 Å². The smallest absolute Gasteiger partial charge is 0.0724 e. The summed E-state index contributed by atoms with van der Waals surface area (Å²) in [5.74, 6) is 0.675. The van der Waals surface area contributed by atoms with E-state index in [0.29, 0.717) is 18.1 Å². The Balaban J connectivity index is 1.71. The Labute approximate surface area is 98.6 Å². The van der Waals surface area contributed by atoms with Crippen LogP contribution in [0.1, 0.15) is 44.9 Å². The summed E-state index contributed by atoms with van der Waals surface area (Å²) in [6, 6.07) is 0.538. The van der Waals surface area contributed by atoms with Crippen molar-refractivity contribution >= 4 is 0 Å². The highest BCUT2D eigenvalue weighted by Crippen LogP contribution is 2.26. The fraction of sp³-hybridized carbons (Fsp3) is 1.00. The lowest BCUT2D eigenvalue weighted by atomic mass is 9.92. The molecule has 2 N–H and O–H groups in total. The van der Waals surface area contributed by atoms with E-state index in [1.807, 2.05) is 7.11 Å². The fourth-order valence-corrected chi connectivity index (χ4v) is 3.16. The molecule has 0 aromatic heterocycles. The van der Waals surface area contributed by atoms with E-state index < -0.39 is 0 Å². The van der Waals surface area contributed by atoms with Crippen molar-refractivity contribution in [3.63, 3.8) is 0 Å². The van der Waals surface area contributed by atoms with Gasteiger partial charge in [-0.25, -0.2) is 0 Å². The van der Waals surface area contributed by atoms with Crippen LogP contribution >= 0.6 is 0 Å². The lowest BCUT2D eigenvalue weighted by Crippen LogP contribution is -2.44. The molecule has 0 amide bonds. The second kappa shape index (κ2) is 5.99. The van der Waals surface area contributed by atoms with E-state index in [9.17, 15) is 5.11 Å². The zero-order chi connectivity index (χ0) is 11.4. The van der Waals surface area contributed by atoms with E-state index in [1.54, 1.807) is 0 Å². The first-order valence-electron chi connectivity index (χ1n) is 6.74. The Kier molecular flexibility index (Phi) is 4.62. The number of hydrogen-bond donors (Lipinski definition) is 2. The van der Waals surface area contributed by atoms with Crippen molar-refractivity contribution < 1.29 is 9.84 Å². The molecule has 0 spiro atoms. The summed E-state index contributed by atoms with van der Waals surface area (Å²) in [5, 5.41) is 13.1. The Hall–Kier alpha value is -0.120. The Morgan fingerprint density at radius 2 is 2.00 bits per heavy atom. The Morgan fingerprint density at radius 3 is 2.69 bits per heavy atom. The summed E-state index contributed by atoms with van der Waals surface area (Å²) in [5.41, 5.74) is 0. The first-order chi connectivity index (χ1) is 7.79. The van der Waals surface area contributed by atoms with Crippen molar-refractivity contribution in [2.24, 2.45) is 5.92 Å². The van der Waals surface area contributed by atoms with Crippen LogP contribution in [0.15, 0.2) is 0 Å². The Bertz CT molecular complexity index is 210. The molecule has 4 atom stereocenters. The van der Waals surface area contributed by atoms with E-state index in [2.05, 4.69) is 5.32 Å². The van der Waals surface area contributed by atoms with Crippen LogP contribution in [-0.4, -0.2) is 37.0 Å². The number of aliphatic hydroxyl groups is 1. The summed E-state index contributed by atoms with van der Waals surface area (Å²) < 4.78 is 5.53. The maximum atomic E-state index is 9.48. The Morgan fingerprint density at radius 1 is 1.19 bits per heavy atom. The van der Waals surface area contributed by atoms with Crippen molar-refractivity contribution in [2.75, 3.05) is 13.7 Å². The maximum absolute atomic E-state index is 9.48. The minimum Gasteiger partial charge on any atom is -0.393 e. The lowest BCUT2D eigenvalue weighted by molar-refractivity contribution is 0.0404. The number of aliphatic hydroxyl groups excluding tert-OH is 1. The average molecular weight is 227 g/mol. The predicted molar refractivity (Wildman–Crippen MR) is 64.4 cm³/mol.